The number of hydrogen-bond donors (Lipinski definition) is 1. The van der Waals surface area contributed by atoms with E-state index in [-0.39, 0.29) is 18.2 Å². The van der Waals surface area contributed by atoms with Crippen molar-refractivity contribution in [1.82, 2.24) is 30.4 Å². The van der Waals surface area contributed by atoms with Crippen molar-refractivity contribution >= 4 is 17.5 Å². The van der Waals surface area contributed by atoms with Crippen LogP contribution < -0.4 is 5.32 Å². The zero-order valence-corrected chi connectivity index (χ0v) is 15.0. The minimum absolute atomic E-state index is 0.210. The van der Waals surface area contributed by atoms with Crippen LogP contribution in [0.1, 0.15) is 33.5 Å². The molecule has 0 aliphatic rings. The average Bonchev–Trinajstić information content (AvgIpc) is 3.31. The summed E-state index contributed by atoms with van der Waals surface area (Å²) in [7, 11) is 1.54. The fourth-order valence-electron chi connectivity index (χ4n) is 2.29. The van der Waals surface area contributed by atoms with Crippen LogP contribution in [0.5, 0.6) is 0 Å². The molecule has 0 saturated heterocycles. The largest absolute Gasteiger partial charge is 0.375 e. The van der Waals surface area contributed by atoms with Crippen molar-refractivity contribution in [2.24, 2.45) is 0 Å². The van der Waals surface area contributed by atoms with E-state index in [0.29, 0.717) is 47.6 Å². The zero-order chi connectivity index (χ0) is 18.5. The number of aromatic nitrogens is 5. The van der Waals surface area contributed by atoms with E-state index in [1.807, 2.05) is 0 Å². The predicted octanol–water partition coefficient (Wildman–Crippen LogP) is 1.38. The second-order valence-electron chi connectivity index (χ2n) is 5.47. The van der Waals surface area contributed by atoms with Crippen LogP contribution in [0.25, 0.3) is 0 Å². The first-order chi connectivity index (χ1) is 12.6. The van der Waals surface area contributed by atoms with Gasteiger partial charge in [-0.05, 0) is 6.92 Å². The van der Waals surface area contributed by atoms with Gasteiger partial charge in [0.2, 0.25) is 0 Å². The van der Waals surface area contributed by atoms with Crippen LogP contribution in [0.2, 0.25) is 5.02 Å². The van der Waals surface area contributed by atoms with E-state index in [4.69, 9.17) is 25.4 Å². The summed E-state index contributed by atoms with van der Waals surface area (Å²) in [4.78, 5) is 16.5. The summed E-state index contributed by atoms with van der Waals surface area (Å²) in [6.45, 7) is 2.64. The molecule has 1 N–H and O–H groups in total. The molecule has 138 valence electrons. The molecule has 0 aliphatic heterocycles. The summed E-state index contributed by atoms with van der Waals surface area (Å²) < 4.78 is 16.7. The highest BCUT2D eigenvalue weighted by molar-refractivity contribution is 6.30. The number of nitrogens with one attached hydrogen (secondary N) is 1. The van der Waals surface area contributed by atoms with Crippen molar-refractivity contribution in [2.45, 2.75) is 26.5 Å². The lowest BCUT2D eigenvalue weighted by molar-refractivity contribution is 0.0944. The van der Waals surface area contributed by atoms with E-state index < -0.39 is 0 Å². The summed E-state index contributed by atoms with van der Waals surface area (Å²) in [5.41, 5.74) is 0.853. The molecule has 0 atom stereocenters. The van der Waals surface area contributed by atoms with Gasteiger partial charge in [0, 0.05) is 31.8 Å². The summed E-state index contributed by atoms with van der Waals surface area (Å²) in [5.74, 6) is 1.07. The monoisotopic (exact) mass is 380 g/mol. The standard InChI is InChI=1S/C15H17ClN6O4/c1-9-11(7-22-6-10(16)5-18-22)14(21-25-9)15(23)17-4-3-12-19-13(8-24-2)26-20-12/h5-6H,3-4,7-8H2,1-2H3,(H,17,23). The lowest BCUT2D eigenvalue weighted by Crippen LogP contribution is -2.27. The molecule has 0 fully saturated rings. The quantitative estimate of drug-likeness (QED) is 0.622. The third kappa shape index (κ3) is 4.27. The molecule has 3 aromatic heterocycles. The van der Waals surface area contributed by atoms with Crippen molar-refractivity contribution in [2.75, 3.05) is 13.7 Å². The van der Waals surface area contributed by atoms with Gasteiger partial charge in [0.15, 0.2) is 11.5 Å². The summed E-state index contributed by atoms with van der Waals surface area (Å²) in [5, 5.41) is 15.0. The van der Waals surface area contributed by atoms with Crippen molar-refractivity contribution in [3.63, 3.8) is 0 Å². The highest BCUT2D eigenvalue weighted by atomic mass is 35.5. The van der Waals surface area contributed by atoms with Gasteiger partial charge in [0.1, 0.15) is 12.4 Å². The van der Waals surface area contributed by atoms with Crippen molar-refractivity contribution in [3.8, 4) is 0 Å². The fraction of sp³-hybridized carbons (Fsp3) is 0.400. The Morgan fingerprint density at radius 1 is 1.38 bits per heavy atom. The molecule has 0 spiro atoms. The minimum atomic E-state index is -0.351. The number of nitrogens with zero attached hydrogens (tertiary/aromatic N) is 5. The second kappa shape index (κ2) is 8.11. The maximum atomic E-state index is 12.4. The smallest absolute Gasteiger partial charge is 0.273 e. The Labute approximate surface area is 153 Å². The molecule has 26 heavy (non-hydrogen) atoms. The van der Waals surface area contributed by atoms with Gasteiger partial charge in [-0.15, -0.1) is 0 Å². The molecule has 0 saturated carbocycles. The van der Waals surface area contributed by atoms with Crippen LogP contribution in [-0.4, -0.2) is 44.6 Å². The second-order valence-corrected chi connectivity index (χ2v) is 5.90. The third-order valence-electron chi connectivity index (χ3n) is 3.53. The Morgan fingerprint density at radius 2 is 2.23 bits per heavy atom. The van der Waals surface area contributed by atoms with Gasteiger partial charge in [-0.1, -0.05) is 21.9 Å². The molecule has 0 bridgehead atoms. The van der Waals surface area contributed by atoms with E-state index in [2.05, 4.69) is 25.7 Å². The Hall–Kier alpha value is -2.72. The number of carbonyl (C=O) groups is 1. The normalized spacial score (nSPS) is 11.0. The molecular formula is C15H17ClN6O4. The Kier molecular flexibility index (Phi) is 5.64. The van der Waals surface area contributed by atoms with Gasteiger partial charge >= 0.3 is 0 Å². The maximum absolute atomic E-state index is 12.4. The van der Waals surface area contributed by atoms with Gasteiger partial charge in [-0.2, -0.15) is 10.1 Å². The fourth-order valence-corrected chi connectivity index (χ4v) is 2.44. The number of rotatable bonds is 8. The lowest BCUT2D eigenvalue weighted by atomic mass is 10.2. The van der Waals surface area contributed by atoms with E-state index in [1.54, 1.807) is 24.9 Å². The van der Waals surface area contributed by atoms with Gasteiger partial charge in [0.05, 0.1) is 17.8 Å². The highest BCUT2D eigenvalue weighted by Gasteiger charge is 2.20. The molecule has 3 aromatic rings. The number of halogens is 1. The Bertz CT molecular complexity index is 886. The van der Waals surface area contributed by atoms with Crippen LogP contribution >= 0.6 is 11.6 Å². The molecule has 0 unspecified atom stereocenters. The average molecular weight is 381 g/mol. The molecule has 0 radical (unpaired) electrons. The van der Waals surface area contributed by atoms with Crippen LogP contribution in [0.4, 0.5) is 0 Å². The molecule has 11 heteroatoms. The van der Waals surface area contributed by atoms with Gasteiger partial charge in [-0.25, -0.2) is 0 Å². The van der Waals surface area contributed by atoms with Gasteiger partial charge in [0.25, 0.3) is 11.8 Å². The van der Waals surface area contributed by atoms with Crippen LogP contribution in [0.3, 0.4) is 0 Å². The summed E-state index contributed by atoms with van der Waals surface area (Å²) in [6.07, 6.45) is 3.59. The molecule has 0 aliphatic carbocycles. The van der Waals surface area contributed by atoms with Crippen molar-refractivity contribution < 1.29 is 18.6 Å². The van der Waals surface area contributed by atoms with Gasteiger partial charge in [-0.3, -0.25) is 9.48 Å². The van der Waals surface area contributed by atoms with Crippen LogP contribution in [-0.2, 0) is 24.3 Å². The molecule has 10 nitrogen and oxygen atoms in total. The number of ether oxygens (including phenoxy) is 1. The van der Waals surface area contributed by atoms with Crippen molar-refractivity contribution in [3.05, 3.63) is 46.1 Å². The van der Waals surface area contributed by atoms with Gasteiger partial charge < -0.3 is 19.1 Å². The highest BCUT2D eigenvalue weighted by Crippen LogP contribution is 2.16. The summed E-state index contributed by atoms with van der Waals surface area (Å²) >= 11 is 5.86. The number of methoxy groups -OCH3 is 1. The third-order valence-corrected chi connectivity index (χ3v) is 3.73. The van der Waals surface area contributed by atoms with Crippen molar-refractivity contribution in [1.29, 1.82) is 0 Å². The zero-order valence-electron chi connectivity index (χ0n) is 14.2. The topological polar surface area (TPSA) is 121 Å². The summed E-state index contributed by atoms with van der Waals surface area (Å²) in [6, 6.07) is 0. The van der Waals surface area contributed by atoms with E-state index >= 15 is 0 Å². The molecule has 3 heterocycles. The predicted molar refractivity (Wildman–Crippen MR) is 88.6 cm³/mol. The first-order valence-corrected chi connectivity index (χ1v) is 8.16. The van der Waals surface area contributed by atoms with Crippen LogP contribution in [0, 0.1) is 6.92 Å². The number of hydrogen-bond acceptors (Lipinski definition) is 8. The number of amides is 1. The Balaban J connectivity index is 1.59. The lowest BCUT2D eigenvalue weighted by Gasteiger charge is -2.04. The first-order valence-electron chi connectivity index (χ1n) is 7.78. The SMILES string of the molecule is COCc1nc(CCNC(=O)c2noc(C)c2Cn2cc(Cl)cn2)no1. The molecule has 1 amide bonds. The van der Waals surface area contributed by atoms with E-state index in [1.165, 1.54) is 6.20 Å². The molecule has 0 aromatic carbocycles. The maximum Gasteiger partial charge on any atom is 0.273 e. The Morgan fingerprint density at radius 3 is 2.96 bits per heavy atom. The van der Waals surface area contributed by atoms with Crippen LogP contribution in [0.15, 0.2) is 21.4 Å². The first kappa shape index (κ1) is 18.1. The molecular weight excluding hydrogens is 364 g/mol. The number of aryl methyl sites for hydroxylation is 1. The van der Waals surface area contributed by atoms with E-state index in [0.717, 1.165) is 0 Å². The number of carbonyl (C=O) groups excluding carboxylic acids is 1. The minimum Gasteiger partial charge on any atom is -0.375 e. The molecule has 3 rings (SSSR count). The van der Waals surface area contributed by atoms with E-state index in [9.17, 15) is 4.79 Å².